The number of aromatic nitrogens is 4. The number of rotatable bonds is 14. The number of hydrogen-bond donors (Lipinski definition) is 0. The number of benzene rings is 1. The number of Topliss-reactive ketones (excluding diaryl/α,β-unsaturated/α-hetero) is 1. The average molecular weight is 423 g/mol. The van der Waals surface area contributed by atoms with Crippen molar-refractivity contribution < 1.29 is 19.0 Å². The highest BCUT2D eigenvalue weighted by atomic mass is 32.2. The van der Waals surface area contributed by atoms with E-state index in [0.29, 0.717) is 31.7 Å². The molecule has 1 heterocycles. The van der Waals surface area contributed by atoms with Crippen LogP contribution in [0, 0.1) is 5.92 Å². The van der Waals surface area contributed by atoms with Crippen LogP contribution in [-0.4, -0.2) is 64.3 Å². The lowest BCUT2D eigenvalue weighted by molar-refractivity contribution is -0.127. The third-order valence-electron chi connectivity index (χ3n) is 4.16. The number of carbonyl (C=O) groups excluding carboxylic acids is 1. The Morgan fingerprint density at radius 1 is 1.07 bits per heavy atom. The van der Waals surface area contributed by atoms with Crippen molar-refractivity contribution in [3.8, 4) is 11.4 Å². The highest BCUT2D eigenvalue weighted by molar-refractivity contribution is 7.99. The predicted octanol–water partition coefficient (Wildman–Crippen LogP) is 3.19. The summed E-state index contributed by atoms with van der Waals surface area (Å²) >= 11 is 1.65. The van der Waals surface area contributed by atoms with Gasteiger partial charge in [0.25, 0.3) is 0 Å². The summed E-state index contributed by atoms with van der Waals surface area (Å²) < 4.78 is 18.1. The number of ketones is 1. The molecule has 160 valence electrons. The van der Waals surface area contributed by atoms with Crippen LogP contribution in [-0.2, 0) is 14.3 Å². The zero-order valence-corrected chi connectivity index (χ0v) is 18.4. The van der Waals surface area contributed by atoms with Gasteiger partial charge in [-0.1, -0.05) is 39.5 Å². The second kappa shape index (κ2) is 12.6. The second-order valence-electron chi connectivity index (χ2n) is 6.84. The lowest BCUT2D eigenvalue weighted by Crippen LogP contribution is -2.17. The molecular formula is C20H30N4O4S. The summed E-state index contributed by atoms with van der Waals surface area (Å²) in [6, 6.07) is 7.62. The monoisotopic (exact) mass is 422 g/mol. The summed E-state index contributed by atoms with van der Waals surface area (Å²) in [4.78, 5) is 11.4. The maximum Gasteiger partial charge on any atom is 0.214 e. The van der Waals surface area contributed by atoms with Gasteiger partial charge in [-0.25, -0.2) is 0 Å². The van der Waals surface area contributed by atoms with E-state index in [9.17, 15) is 4.79 Å². The molecule has 0 spiro atoms. The molecule has 0 radical (unpaired) electrons. The standard InChI is InChI=1S/C20H30N4O4S/c1-5-16(4)29-20-21-22-23-24(20)17-6-8-18(9-7-17)28-13-12-26-10-11-27-14-19(25)15(2)3/h6-9,15-16H,5,10-14H2,1-4H3. The van der Waals surface area contributed by atoms with E-state index in [2.05, 4.69) is 29.4 Å². The Kier molecular flexibility index (Phi) is 10.1. The van der Waals surface area contributed by atoms with Gasteiger partial charge >= 0.3 is 0 Å². The van der Waals surface area contributed by atoms with E-state index < -0.39 is 0 Å². The van der Waals surface area contributed by atoms with Crippen molar-refractivity contribution >= 4 is 17.5 Å². The van der Waals surface area contributed by atoms with Gasteiger partial charge in [-0.05, 0) is 41.1 Å². The van der Waals surface area contributed by atoms with Gasteiger partial charge in [0.2, 0.25) is 5.16 Å². The Morgan fingerprint density at radius 3 is 2.45 bits per heavy atom. The number of hydrogen-bond acceptors (Lipinski definition) is 8. The van der Waals surface area contributed by atoms with Crippen LogP contribution in [0.2, 0.25) is 0 Å². The predicted molar refractivity (Wildman–Crippen MR) is 112 cm³/mol. The molecule has 0 fully saturated rings. The molecule has 0 saturated carbocycles. The maximum atomic E-state index is 11.4. The van der Waals surface area contributed by atoms with Crippen molar-refractivity contribution in [2.24, 2.45) is 5.92 Å². The molecule has 2 rings (SSSR count). The Hall–Kier alpha value is -1.97. The van der Waals surface area contributed by atoms with E-state index in [1.807, 2.05) is 38.1 Å². The largest absolute Gasteiger partial charge is 0.491 e. The van der Waals surface area contributed by atoms with E-state index in [1.54, 1.807) is 16.4 Å². The van der Waals surface area contributed by atoms with Gasteiger partial charge in [-0.3, -0.25) is 4.79 Å². The average Bonchev–Trinajstić information content (AvgIpc) is 3.18. The van der Waals surface area contributed by atoms with Gasteiger partial charge in [0.1, 0.15) is 19.0 Å². The van der Waals surface area contributed by atoms with E-state index in [-0.39, 0.29) is 18.3 Å². The van der Waals surface area contributed by atoms with E-state index >= 15 is 0 Å². The molecule has 0 aliphatic carbocycles. The Morgan fingerprint density at radius 2 is 1.76 bits per heavy atom. The molecule has 1 aromatic heterocycles. The van der Waals surface area contributed by atoms with Gasteiger partial charge in [0.05, 0.1) is 25.5 Å². The molecule has 1 unspecified atom stereocenters. The minimum Gasteiger partial charge on any atom is -0.491 e. The molecule has 0 saturated heterocycles. The van der Waals surface area contributed by atoms with Crippen molar-refractivity contribution in [2.45, 2.75) is 44.5 Å². The summed E-state index contributed by atoms with van der Waals surface area (Å²) in [7, 11) is 0. The van der Waals surface area contributed by atoms with Gasteiger partial charge < -0.3 is 14.2 Å². The quantitative estimate of drug-likeness (QED) is 0.339. The van der Waals surface area contributed by atoms with Gasteiger partial charge in [0, 0.05) is 11.2 Å². The molecule has 0 aliphatic heterocycles. The molecule has 8 nitrogen and oxygen atoms in total. The molecule has 29 heavy (non-hydrogen) atoms. The van der Waals surface area contributed by atoms with Crippen LogP contribution in [0.15, 0.2) is 29.4 Å². The van der Waals surface area contributed by atoms with Crippen LogP contribution in [0.1, 0.15) is 34.1 Å². The first-order chi connectivity index (χ1) is 14.0. The van der Waals surface area contributed by atoms with Gasteiger partial charge in [-0.2, -0.15) is 4.68 Å². The first kappa shape index (κ1) is 23.3. The third-order valence-corrected chi connectivity index (χ3v) is 5.36. The molecule has 9 heteroatoms. The Labute approximate surface area is 176 Å². The number of carbonyl (C=O) groups is 1. The summed E-state index contributed by atoms with van der Waals surface area (Å²) in [5.41, 5.74) is 0.887. The van der Waals surface area contributed by atoms with E-state index in [1.165, 1.54) is 0 Å². The van der Waals surface area contributed by atoms with Crippen molar-refractivity contribution in [2.75, 3.05) is 33.0 Å². The first-order valence-corrected chi connectivity index (χ1v) is 10.8. The topological polar surface area (TPSA) is 88.4 Å². The van der Waals surface area contributed by atoms with Crippen LogP contribution >= 0.6 is 11.8 Å². The van der Waals surface area contributed by atoms with Crippen LogP contribution in [0.3, 0.4) is 0 Å². The molecule has 1 atom stereocenters. The maximum absolute atomic E-state index is 11.4. The zero-order chi connectivity index (χ0) is 21.1. The molecule has 0 amide bonds. The van der Waals surface area contributed by atoms with Crippen LogP contribution in [0.5, 0.6) is 5.75 Å². The Balaban J connectivity index is 1.67. The van der Waals surface area contributed by atoms with Crippen LogP contribution in [0.4, 0.5) is 0 Å². The fourth-order valence-corrected chi connectivity index (χ4v) is 2.99. The SMILES string of the molecule is CCC(C)Sc1nnnn1-c1ccc(OCCOCCOCC(=O)C(C)C)cc1. The minimum absolute atomic E-state index is 0.00164. The summed E-state index contributed by atoms with van der Waals surface area (Å²) in [6.07, 6.45) is 1.05. The lowest BCUT2D eigenvalue weighted by Gasteiger charge is -2.10. The summed E-state index contributed by atoms with van der Waals surface area (Å²) in [5, 5.41) is 13.2. The molecule has 2 aromatic rings. The van der Waals surface area contributed by atoms with Gasteiger partial charge in [0.15, 0.2) is 5.78 Å². The van der Waals surface area contributed by atoms with Crippen molar-refractivity contribution in [3.63, 3.8) is 0 Å². The smallest absolute Gasteiger partial charge is 0.214 e. The number of nitrogens with zero attached hydrogens (tertiary/aromatic N) is 4. The number of ether oxygens (including phenoxy) is 3. The number of tetrazole rings is 1. The van der Waals surface area contributed by atoms with E-state index in [4.69, 9.17) is 14.2 Å². The highest BCUT2D eigenvalue weighted by Gasteiger charge is 2.12. The summed E-state index contributed by atoms with van der Waals surface area (Å²) in [5.74, 6) is 0.853. The molecule has 1 aromatic carbocycles. The van der Waals surface area contributed by atoms with Crippen molar-refractivity contribution in [1.29, 1.82) is 0 Å². The second-order valence-corrected chi connectivity index (χ2v) is 8.24. The molecule has 0 N–H and O–H groups in total. The molecular weight excluding hydrogens is 392 g/mol. The lowest BCUT2D eigenvalue weighted by atomic mass is 10.1. The van der Waals surface area contributed by atoms with Crippen LogP contribution in [0.25, 0.3) is 5.69 Å². The first-order valence-electron chi connectivity index (χ1n) is 9.87. The van der Waals surface area contributed by atoms with E-state index in [0.717, 1.165) is 23.0 Å². The summed E-state index contributed by atoms with van der Waals surface area (Å²) in [6.45, 7) is 9.88. The fourth-order valence-electron chi connectivity index (χ4n) is 2.14. The zero-order valence-electron chi connectivity index (χ0n) is 17.5. The fraction of sp³-hybridized carbons (Fsp3) is 0.600. The van der Waals surface area contributed by atoms with Crippen molar-refractivity contribution in [3.05, 3.63) is 24.3 Å². The van der Waals surface area contributed by atoms with Gasteiger partial charge in [-0.15, -0.1) is 5.10 Å². The third kappa shape index (κ3) is 8.12. The Bertz CT molecular complexity index is 736. The van der Waals surface area contributed by atoms with Crippen LogP contribution < -0.4 is 4.74 Å². The molecule has 0 aliphatic rings. The minimum atomic E-state index is 0.00164. The normalized spacial score (nSPS) is 12.3. The molecule has 0 bridgehead atoms. The highest BCUT2D eigenvalue weighted by Crippen LogP contribution is 2.25. The number of thioether (sulfide) groups is 1. The van der Waals surface area contributed by atoms with Crippen molar-refractivity contribution in [1.82, 2.24) is 20.2 Å².